The molecule has 56 heavy (non-hydrogen) atoms. The number of ether oxygens (including phenoxy) is 2. The molecule has 4 rings (SSSR count). The van der Waals surface area contributed by atoms with Crippen LogP contribution < -0.4 is 30.1 Å². The molecule has 4 aromatic rings. The molecule has 0 saturated heterocycles. The zero-order valence-electron chi connectivity index (χ0n) is 30.2. The van der Waals surface area contributed by atoms with E-state index in [9.17, 15) is 34.8 Å². The maximum absolute atomic E-state index is 13.9. The molecule has 0 aromatic heterocycles. The van der Waals surface area contributed by atoms with Crippen LogP contribution in [0.25, 0.3) is 0 Å². The zero-order valence-corrected chi connectivity index (χ0v) is 34.2. The summed E-state index contributed by atoms with van der Waals surface area (Å²) in [6.07, 6.45) is -2.10. The van der Waals surface area contributed by atoms with E-state index in [1.807, 2.05) is 6.07 Å². The summed E-state index contributed by atoms with van der Waals surface area (Å²) in [6.45, 7) is 0.0257. The van der Waals surface area contributed by atoms with Crippen LogP contribution in [0.5, 0.6) is 11.5 Å². The smallest absolute Gasteiger partial charge is 0.416 e. The highest BCUT2D eigenvalue weighted by molar-refractivity contribution is 9.10. The Morgan fingerprint density at radius 2 is 1.46 bits per heavy atom. The molecular formula is C38H40BrF3N4O7S3. The number of hydrogen-bond acceptors (Lipinski definition) is 8. The highest BCUT2D eigenvalue weighted by atomic mass is 79.9. The Morgan fingerprint density at radius 3 is 2.07 bits per heavy atom. The van der Waals surface area contributed by atoms with Gasteiger partial charge in [0.2, 0.25) is 15.9 Å². The molecule has 11 nitrogen and oxygen atoms in total. The molecular weight excluding hydrogens is 858 g/mol. The minimum absolute atomic E-state index is 0.0257. The fourth-order valence-corrected chi connectivity index (χ4v) is 8.79. The average Bonchev–Trinajstić information content (AvgIpc) is 3.16. The summed E-state index contributed by atoms with van der Waals surface area (Å²) < 4.78 is 105. The Labute approximate surface area is 338 Å². The lowest BCUT2D eigenvalue weighted by molar-refractivity contribution is -0.137. The number of sulfone groups is 1. The van der Waals surface area contributed by atoms with Crippen molar-refractivity contribution in [2.75, 3.05) is 26.1 Å². The lowest BCUT2D eigenvalue weighted by Gasteiger charge is -2.24. The number of halogens is 4. The molecule has 0 spiro atoms. The van der Waals surface area contributed by atoms with Crippen molar-refractivity contribution in [2.24, 2.45) is 0 Å². The van der Waals surface area contributed by atoms with E-state index >= 15 is 0 Å². The number of methoxy groups -OCH3 is 2. The zero-order chi connectivity index (χ0) is 40.9. The van der Waals surface area contributed by atoms with Crippen LogP contribution in [0.4, 0.5) is 18.9 Å². The molecule has 4 N–H and O–H groups in total. The quantitative estimate of drug-likeness (QED) is 0.0607. The standard InChI is InChI=1S/C38H40BrF3N4O7S3/c1-52-33-24-31(39)35(25-34(33)53-2)56(50,51)43-21-10-9-13-28(20-22-55(48,49)30-14-7-4-8-15-30)44-36(47)32(23-26-11-5-3-6-12-26)46-37(54)45-29-18-16-27(17-19-29)38(40,41)42/h3-8,11-12,14-20,22,24-25,28,32,43H,9-10,13,21,23H2,1-2H3,(H,44,47)(H2,45,46,54)/b22-20+/t28-,32-/m0/s1. The molecule has 0 bridgehead atoms. The molecule has 0 radical (unpaired) electrons. The molecule has 0 unspecified atom stereocenters. The molecule has 18 heteroatoms. The number of sulfonamides is 1. The summed E-state index contributed by atoms with van der Waals surface area (Å²) in [6, 6.07) is 22.0. The van der Waals surface area contributed by atoms with Crippen LogP contribution in [0, 0.1) is 0 Å². The molecule has 0 aliphatic rings. The van der Waals surface area contributed by atoms with Gasteiger partial charge in [0.25, 0.3) is 0 Å². The molecule has 0 heterocycles. The second-order valence-electron chi connectivity index (χ2n) is 12.2. The number of carbonyl (C=O) groups is 1. The van der Waals surface area contributed by atoms with Gasteiger partial charge in [-0.3, -0.25) is 4.79 Å². The van der Waals surface area contributed by atoms with Gasteiger partial charge < -0.3 is 25.4 Å². The molecule has 0 aliphatic heterocycles. The second kappa shape index (κ2) is 20.1. The molecule has 1 amide bonds. The van der Waals surface area contributed by atoms with E-state index in [0.29, 0.717) is 18.6 Å². The van der Waals surface area contributed by atoms with Crippen molar-refractivity contribution in [1.29, 1.82) is 0 Å². The summed E-state index contributed by atoms with van der Waals surface area (Å²) in [5.41, 5.74) is 0.194. The van der Waals surface area contributed by atoms with Gasteiger partial charge in [-0.1, -0.05) is 54.6 Å². The molecule has 0 aliphatic carbocycles. The van der Waals surface area contributed by atoms with Crippen LogP contribution in [-0.4, -0.2) is 60.7 Å². The summed E-state index contributed by atoms with van der Waals surface area (Å²) in [4.78, 5) is 13.9. The minimum atomic E-state index is -4.51. The SMILES string of the molecule is COc1cc(Br)c(S(=O)(=O)NCCCC[C@@H](/C=C/S(=O)(=O)c2ccccc2)NC(=O)[C@H](Cc2ccccc2)NC(=S)Nc2ccc(C(F)(F)F)cc2)cc1OC. The van der Waals surface area contributed by atoms with Crippen LogP contribution in [0.15, 0.2) is 123 Å². The van der Waals surface area contributed by atoms with Gasteiger partial charge in [-0.05, 0) is 95.4 Å². The van der Waals surface area contributed by atoms with Gasteiger partial charge in [0.05, 0.1) is 24.7 Å². The molecule has 2 atom stereocenters. The second-order valence-corrected chi connectivity index (χ2v) is 17.1. The fraction of sp³-hybridized carbons (Fsp3) is 0.263. The first-order valence-electron chi connectivity index (χ1n) is 17.0. The van der Waals surface area contributed by atoms with Crippen LogP contribution in [0.2, 0.25) is 0 Å². The van der Waals surface area contributed by atoms with Crippen LogP contribution in [0.3, 0.4) is 0 Å². The number of anilines is 1. The third-order valence-electron chi connectivity index (χ3n) is 8.23. The van der Waals surface area contributed by atoms with Gasteiger partial charge in [-0.15, -0.1) is 0 Å². The van der Waals surface area contributed by atoms with Crippen molar-refractivity contribution in [3.8, 4) is 11.5 Å². The topological polar surface area (TPSA) is 152 Å². The number of unbranched alkanes of at least 4 members (excludes halogenated alkanes) is 1. The number of amides is 1. The van der Waals surface area contributed by atoms with Crippen molar-refractivity contribution in [3.05, 3.63) is 124 Å². The summed E-state index contributed by atoms with van der Waals surface area (Å²) >= 11 is 8.70. The van der Waals surface area contributed by atoms with Gasteiger partial charge in [0.1, 0.15) is 10.9 Å². The maximum atomic E-state index is 13.9. The van der Waals surface area contributed by atoms with Crippen LogP contribution in [0.1, 0.15) is 30.4 Å². The molecule has 4 aromatic carbocycles. The van der Waals surface area contributed by atoms with Crippen molar-refractivity contribution >= 4 is 64.7 Å². The lowest BCUT2D eigenvalue weighted by Crippen LogP contribution is -2.51. The summed E-state index contributed by atoms with van der Waals surface area (Å²) in [5, 5.41) is 9.60. The van der Waals surface area contributed by atoms with Crippen molar-refractivity contribution in [2.45, 2.75) is 53.7 Å². The first kappa shape index (κ1) is 44.2. The largest absolute Gasteiger partial charge is 0.493 e. The number of carbonyl (C=O) groups excluding carboxylic acids is 1. The molecule has 300 valence electrons. The Hall–Kier alpha value is -4.49. The first-order valence-corrected chi connectivity index (χ1v) is 21.2. The predicted molar refractivity (Wildman–Crippen MR) is 216 cm³/mol. The van der Waals surface area contributed by atoms with Gasteiger partial charge in [0.15, 0.2) is 26.4 Å². The van der Waals surface area contributed by atoms with Gasteiger partial charge in [-0.25, -0.2) is 21.6 Å². The number of rotatable bonds is 18. The number of alkyl halides is 3. The van der Waals surface area contributed by atoms with E-state index in [1.165, 1.54) is 56.7 Å². The highest BCUT2D eigenvalue weighted by Gasteiger charge is 2.30. The van der Waals surface area contributed by atoms with Crippen LogP contribution >= 0.6 is 28.1 Å². The van der Waals surface area contributed by atoms with Crippen LogP contribution in [-0.2, 0) is 37.3 Å². The van der Waals surface area contributed by atoms with Gasteiger partial charge >= 0.3 is 6.18 Å². The minimum Gasteiger partial charge on any atom is -0.493 e. The average molecular weight is 898 g/mol. The first-order chi connectivity index (χ1) is 26.5. The predicted octanol–water partition coefficient (Wildman–Crippen LogP) is 7.00. The maximum Gasteiger partial charge on any atom is 0.416 e. The highest BCUT2D eigenvalue weighted by Crippen LogP contribution is 2.35. The fourth-order valence-electron chi connectivity index (χ4n) is 5.33. The normalized spacial score (nSPS) is 13.1. The lowest BCUT2D eigenvalue weighted by atomic mass is 10.0. The number of thiocarbonyl (C=S) groups is 1. The third-order valence-corrected chi connectivity index (χ3v) is 12.3. The van der Waals surface area contributed by atoms with Crippen molar-refractivity contribution < 1.29 is 44.3 Å². The van der Waals surface area contributed by atoms with E-state index in [-0.39, 0.29) is 50.2 Å². The Kier molecular flexibility index (Phi) is 15.9. The number of hydrogen-bond donors (Lipinski definition) is 4. The number of nitrogens with one attached hydrogen (secondary N) is 4. The Balaban J connectivity index is 1.49. The molecule has 0 fully saturated rings. The van der Waals surface area contributed by atoms with Gasteiger partial charge in [0, 0.05) is 40.6 Å². The van der Waals surface area contributed by atoms with E-state index in [4.69, 9.17) is 21.7 Å². The van der Waals surface area contributed by atoms with E-state index in [1.54, 1.807) is 42.5 Å². The summed E-state index contributed by atoms with van der Waals surface area (Å²) in [5.74, 6) is 0.0199. The van der Waals surface area contributed by atoms with E-state index in [2.05, 4.69) is 36.6 Å². The molecule has 0 saturated carbocycles. The summed E-state index contributed by atoms with van der Waals surface area (Å²) in [7, 11) is -5.06. The monoisotopic (exact) mass is 896 g/mol. The Morgan fingerprint density at radius 1 is 0.857 bits per heavy atom. The van der Waals surface area contributed by atoms with Crippen molar-refractivity contribution in [3.63, 3.8) is 0 Å². The third kappa shape index (κ3) is 13.0. The number of benzene rings is 4. The van der Waals surface area contributed by atoms with E-state index < -0.39 is 49.6 Å². The van der Waals surface area contributed by atoms with Gasteiger partial charge in [-0.2, -0.15) is 13.2 Å². The Bertz CT molecular complexity index is 2200. The van der Waals surface area contributed by atoms with E-state index in [0.717, 1.165) is 23.1 Å². The van der Waals surface area contributed by atoms with Crippen molar-refractivity contribution in [1.82, 2.24) is 15.4 Å².